The lowest BCUT2D eigenvalue weighted by atomic mass is 10.2. The molecule has 0 aliphatic heterocycles. The number of likely N-dealkylation sites (N-methyl/N-ethyl adjacent to an activating group) is 1. The Bertz CT molecular complexity index is 598. The number of aryl methyl sites for hydroxylation is 1. The van der Waals surface area contributed by atoms with Crippen LogP contribution in [0.25, 0.3) is 12.2 Å². The molecule has 6 heteroatoms. The maximum atomic E-state index is 9.69. The molecule has 1 unspecified atom stereocenters. The van der Waals surface area contributed by atoms with Crippen LogP contribution in [0.15, 0.2) is 24.3 Å². The molecule has 2 N–H and O–H groups in total. The molecule has 2 aromatic rings. The summed E-state index contributed by atoms with van der Waals surface area (Å²) in [6.45, 7) is 2.68. The number of aliphatic hydroxyl groups is 1. The van der Waals surface area contributed by atoms with E-state index in [1.54, 1.807) is 7.05 Å². The molecular weight excluding hydrogens is 286 g/mol. The fourth-order valence-corrected chi connectivity index (χ4v) is 2.37. The first-order chi connectivity index (χ1) is 10.2. The Labute approximate surface area is 128 Å². The molecule has 0 bridgehead atoms. The van der Waals surface area contributed by atoms with Gasteiger partial charge in [0.1, 0.15) is 28.5 Å². The molecule has 0 radical (unpaired) electrons. The zero-order chi connectivity index (χ0) is 15.1. The summed E-state index contributed by atoms with van der Waals surface area (Å²) in [7, 11) is 1.80. The highest BCUT2D eigenvalue weighted by atomic mass is 32.1. The van der Waals surface area contributed by atoms with Crippen molar-refractivity contribution in [2.45, 2.75) is 13.0 Å². The van der Waals surface area contributed by atoms with Crippen LogP contribution in [0.3, 0.4) is 0 Å². The number of ether oxygens (including phenoxy) is 1. The summed E-state index contributed by atoms with van der Waals surface area (Å²) >= 11 is 1.54. The van der Waals surface area contributed by atoms with Gasteiger partial charge in [-0.15, -0.1) is 10.2 Å². The van der Waals surface area contributed by atoms with Crippen molar-refractivity contribution in [1.82, 2.24) is 15.5 Å². The van der Waals surface area contributed by atoms with Gasteiger partial charge >= 0.3 is 0 Å². The zero-order valence-electron chi connectivity index (χ0n) is 12.1. The van der Waals surface area contributed by atoms with E-state index in [0.29, 0.717) is 6.54 Å². The van der Waals surface area contributed by atoms with Gasteiger partial charge in [0.25, 0.3) is 0 Å². The van der Waals surface area contributed by atoms with Crippen molar-refractivity contribution in [2.75, 3.05) is 20.2 Å². The minimum atomic E-state index is -0.530. The normalized spacial score (nSPS) is 12.7. The van der Waals surface area contributed by atoms with Crippen molar-refractivity contribution in [3.05, 3.63) is 39.8 Å². The molecule has 0 fully saturated rings. The van der Waals surface area contributed by atoms with Gasteiger partial charge in [-0.25, -0.2) is 0 Å². The molecule has 0 amide bonds. The van der Waals surface area contributed by atoms with Gasteiger partial charge in [0.2, 0.25) is 0 Å². The predicted octanol–water partition coefficient (Wildman–Crippen LogP) is 1.98. The quantitative estimate of drug-likeness (QED) is 0.819. The molecule has 0 aliphatic rings. The molecule has 1 heterocycles. The van der Waals surface area contributed by atoms with Crippen molar-refractivity contribution < 1.29 is 9.84 Å². The van der Waals surface area contributed by atoms with E-state index in [9.17, 15) is 5.11 Å². The summed E-state index contributed by atoms with van der Waals surface area (Å²) < 4.78 is 5.67. The average Bonchev–Trinajstić information content (AvgIpc) is 2.90. The third-order valence-electron chi connectivity index (χ3n) is 2.74. The Morgan fingerprint density at radius 2 is 2.14 bits per heavy atom. The number of aromatic nitrogens is 2. The van der Waals surface area contributed by atoms with Gasteiger partial charge in [0, 0.05) is 12.1 Å². The molecule has 112 valence electrons. The SMILES string of the molecule is CNCC(O)COc1ccccc1C=Cc1nnc(C)s1. The van der Waals surface area contributed by atoms with Crippen LogP contribution in [0.2, 0.25) is 0 Å². The number of nitrogens with one attached hydrogen (secondary N) is 1. The summed E-state index contributed by atoms with van der Waals surface area (Å²) in [6.07, 6.45) is 3.33. The van der Waals surface area contributed by atoms with Gasteiger partial charge in [-0.05, 0) is 32.2 Å². The second kappa shape index (κ2) is 7.87. The summed E-state index contributed by atoms with van der Waals surface area (Å²) in [6, 6.07) is 7.70. The first kappa shape index (κ1) is 15.6. The Hall–Kier alpha value is -1.76. The van der Waals surface area contributed by atoms with Crippen LogP contribution in [-0.2, 0) is 0 Å². The third-order valence-corrected chi connectivity index (χ3v) is 3.54. The van der Waals surface area contributed by atoms with Gasteiger partial charge in [0.05, 0.1) is 0 Å². The van der Waals surface area contributed by atoms with Crippen molar-refractivity contribution in [3.8, 4) is 5.75 Å². The van der Waals surface area contributed by atoms with Crippen LogP contribution in [0.1, 0.15) is 15.6 Å². The fraction of sp³-hybridized carbons (Fsp3) is 0.333. The molecule has 0 saturated heterocycles. The largest absolute Gasteiger partial charge is 0.490 e. The lowest BCUT2D eigenvalue weighted by Gasteiger charge is -2.13. The Kier molecular flexibility index (Phi) is 5.86. The van der Waals surface area contributed by atoms with E-state index in [1.165, 1.54) is 11.3 Å². The van der Waals surface area contributed by atoms with Gasteiger partial charge in [0.15, 0.2) is 0 Å². The number of nitrogens with zero attached hydrogens (tertiary/aromatic N) is 2. The highest BCUT2D eigenvalue weighted by molar-refractivity contribution is 7.12. The maximum absolute atomic E-state index is 9.69. The number of hydrogen-bond acceptors (Lipinski definition) is 6. The second-order valence-electron chi connectivity index (χ2n) is 4.55. The fourth-order valence-electron chi connectivity index (χ4n) is 1.77. The maximum Gasteiger partial charge on any atom is 0.140 e. The molecule has 0 saturated carbocycles. The van der Waals surface area contributed by atoms with Crippen LogP contribution in [0.5, 0.6) is 5.75 Å². The number of hydrogen-bond donors (Lipinski definition) is 2. The Balaban J connectivity index is 2.04. The molecule has 21 heavy (non-hydrogen) atoms. The molecule has 0 spiro atoms. The molecule has 1 aromatic heterocycles. The number of rotatable bonds is 7. The second-order valence-corrected chi connectivity index (χ2v) is 5.77. The van der Waals surface area contributed by atoms with E-state index in [1.807, 2.05) is 43.3 Å². The van der Waals surface area contributed by atoms with Gasteiger partial charge < -0.3 is 15.2 Å². The topological polar surface area (TPSA) is 67.3 Å². The molecule has 0 aliphatic carbocycles. The van der Waals surface area contributed by atoms with Crippen LogP contribution in [-0.4, -0.2) is 41.6 Å². The van der Waals surface area contributed by atoms with Gasteiger partial charge in [-0.3, -0.25) is 0 Å². The molecule has 5 nitrogen and oxygen atoms in total. The van der Waals surface area contributed by atoms with E-state index >= 15 is 0 Å². The summed E-state index contributed by atoms with van der Waals surface area (Å²) in [4.78, 5) is 0. The standard InChI is InChI=1S/C15H19N3O2S/c1-11-17-18-15(21-11)8-7-12-5-3-4-6-14(12)20-10-13(19)9-16-2/h3-8,13,16,19H,9-10H2,1-2H3. The zero-order valence-corrected chi connectivity index (χ0v) is 12.9. The average molecular weight is 305 g/mol. The lowest BCUT2D eigenvalue weighted by Crippen LogP contribution is -2.29. The molecule has 1 atom stereocenters. The summed E-state index contributed by atoms with van der Waals surface area (Å²) in [5.74, 6) is 0.741. The highest BCUT2D eigenvalue weighted by Gasteiger charge is 2.06. The van der Waals surface area contributed by atoms with Crippen LogP contribution in [0.4, 0.5) is 0 Å². The van der Waals surface area contributed by atoms with Gasteiger partial charge in [-0.2, -0.15) is 0 Å². The highest BCUT2D eigenvalue weighted by Crippen LogP contribution is 2.21. The van der Waals surface area contributed by atoms with Crippen molar-refractivity contribution in [1.29, 1.82) is 0 Å². The molecular formula is C15H19N3O2S. The van der Waals surface area contributed by atoms with E-state index < -0.39 is 6.10 Å². The minimum Gasteiger partial charge on any atom is -0.490 e. The predicted molar refractivity (Wildman–Crippen MR) is 85.4 cm³/mol. The first-order valence-corrected chi connectivity index (χ1v) is 7.53. The Morgan fingerprint density at radius 3 is 2.86 bits per heavy atom. The Morgan fingerprint density at radius 1 is 1.33 bits per heavy atom. The smallest absolute Gasteiger partial charge is 0.140 e. The van der Waals surface area contributed by atoms with E-state index in [2.05, 4.69) is 15.5 Å². The molecule has 1 aromatic carbocycles. The van der Waals surface area contributed by atoms with Crippen LogP contribution < -0.4 is 10.1 Å². The monoisotopic (exact) mass is 305 g/mol. The van der Waals surface area contributed by atoms with E-state index in [4.69, 9.17) is 4.74 Å². The van der Waals surface area contributed by atoms with E-state index in [-0.39, 0.29) is 6.61 Å². The first-order valence-electron chi connectivity index (χ1n) is 6.71. The van der Waals surface area contributed by atoms with Crippen molar-refractivity contribution >= 4 is 23.5 Å². The van der Waals surface area contributed by atoms with Crippen LogP contribution in [0, 0.1) is 6.92 Å². The van der Waals surface area contributed by atoms with Crippen LogP contribution >= 0.6 is 11.3 Å². The van der Waals surface area contributed by atoms with E-state index in [0.717, 1.165) is 21.3 Å². The number of benzene rings is 1. The van der Waals surface area contributed by atoms with Crippen molar-refractivity contribution in [3.63, 3.8) is 0 Å². The summed E-state index contributed by atoms with van der Waals surface area (Å²) in [5, 5.41) is 22.4. The third kappa shape index (κ3) is 4.93. The number of para-hydroxylation sites is 1. The summed E-state index contributed by atoms with van der Waals surface area (Å²) in [5.41, 5.74) is 0.946. The van der Waals surface area contributed by atoms with Crippen molar-refractivity contribution in [2.24, 2.45) is 0 Å². The number of aliphatic hydroxyl groups excluding tert-OH is 1. The molecule has 2 rings (SSSR count). The minimum absolute atomic E-state index is 0.254. The lowest BCUT2D eigenvalue weighted by molar-refractivity contribution is 0.108. The van der Waals surface area contributed by atoms with Gasteiger partial charge in [-0.1, -0.05) is 29.5 Å².